The van der Waals surface area contributed by atoms with E-state index in [1.54, 1.807) is 12.1 Å². The fourth-order valence-electron chi connectivity index (χ4n) is 5.59. The molecule has 5 aromatic carbocycles. The number of hydrogen-bond acceptors (Lipinski definition) is 6. The van der Waals surface area contributed by atoms with Crippen LogP contribution in [-0.4, -0.2) is 48.6 Å². The fraction of sp³-hybridized carbons (Fsp3) is 0.150. The maximum absolute atomic E-state index is 16.1. The van der Waals surface area contributed by atoms with Crippen molar-refractivity contribution in [3.05, 3.63) is 158 Å². The number of nitrogens with one attached hydrogen (secondary N) is 2. The zero-order chi connectivity index (χ0) is 44.4. The number of nitrogens with zero attached hydrogens (tertiary/aromatic N) is 1. The van der Waals surface area contributed by atoms with Crippen LogP contribution in [0.25, 0.3) is 0 Å². The molecular formula is C40H24F12IN3O4. The first-order valence-electron chi connectivity index (χ1n) is 16.8. The summed E-state index contributed by atoms with van der Waals surface area (Å²) in [4.78, 5) is 53.3. The lowest BCUT2D eigenvalue weighted by molar-refractivity contribution is -0.359. The maximum Gasteiger partial charge on any atom is 0.460 e. The van der Waals surface area contributed by atoms with Gasteiger partial charge in [0.15, 0.2) is 23.2 Å². The summed E-state index contributed by atoms with van der Waals surface area (Å²) in [6.07, 6.45) is -13.0. The van der Waals surface area contributed by atoms with Gasteiger partial charge in [0, 0.05) is 20.3 Å². The van der Waals surface area contributed by atoms with Crippen molar-refractivity contribution in [2.45, 2.75) is 24.2 Å². The van der Waals surface area contributed by atoms with Crippen LogP contribution < -0.4 is 15.5 Å². The minimum absolute atomic E-state index is 0.161. The van der Waals surface area contributed by atoms with Crippen molar-refractivity contribution in [2.24, 2.45) is 0 Å². The van der Waals surface area contributed by atoms with Gasteiger partial charge in [-0.05, 0) is 59.0 Å². The van der Waals surface area contributed by atoms with Crippen LogP contribution in [0, 0.1) is 15.2 Å². The molecule has 2 N–H and O–H groups in total. The Kier molecular flexibility index (Phi) is 13.1. The summed E-state index contributed by atoms with van der Waals surface area (Å²) in [6.45, 7) is -1.24. The van der Waals surface area contributed by atoms with Gasteiger partial charge in [-0.3, -0.25) is 19.2 Å². The fourth-order valence-corrected chi connectivity index (χ4v) is 6.46. The van der Waals surface area contributed by atoms with Gasteiger partial charge in [0.2, 0.25) is 0 Å². The van der Waals surface area contributed by atoms with E-state index in [9.17, 15) is 63.1 Å². The van der Waals surface area contributed by atoms with Crippen molar-refractivity contribution in [1.82, 2.24) is 0 Å². The lowest BCUT2D eigenvalue weighted by atomic mass is 9.97. The third-order valence-corrected chi connectivity index (χ3v) is 9.46. The minimum Gasteiger partial charge on any atom is -0.375 e. The smallest absolute Gasteiger partial charge is 0.375 e. The maximum atomic E-state index is 16.1. The van der Waals surface area contributed by atoms with Gasteiger partial charge in [0.25, 0.3) is 11.8 Å². The van der Waals surface area contributed by atoms with Crippen LogP contribution >= 0.6 is 22.6 Å². The third-order valence-electron chi connectivity index (χ3n) is 8.64. The lowest BCUT2D eigenvalue weighted by Gasteiger charge is -2.31. The molecule has 0 atom stereocenters. The van der Waals surface area contributed by atoms with Crippen molar-refractivity contribution in [1.29, 1.82) is 0 Å². The van der Waals surface area contributed by atoms with Crippen molar-refractivity contribution in [2.75, 3.05) is 28.6 Å². The molecule has 0 heterocycles. The molecule has 0 spiro atoms. The Morgan fingerprint density at radius 2 is 0.983 bits per heavy atom. The number of benzene rings is 5. The first kappa shape index (κ1) is 45.2. The molecule has 0 radical (unpaired) electrons. The summed E-state index contributed by atoms with van der Waals surface area (Å²) in [7, 11) is 0. The monoisotopic (exact) mass is 965 g/mol. The van der Waals surface area contributed by atoms with E-state index in [2.05, 4.69) is 10.6 Å². The summed E-state index contributed by atoms with van der Waals surface area (Å²) >= 11 is 0.751. The summed E-state index contributed by atoms with van der Waals surface area (Å²) in [6, 6.07) is 18.9. The van der Waals surface area contributed by atoms with E-state index in [1.807, 2.05) is 0 Å². The average molecular weight is 966 g/mol. The number of carbonyl (C=O) groups is 4. The molecule has 0 bridgehead atoms. The lowest BCUT2D eigenvalue weighted by Crippen LogP contribution is -2.50. The Morgan fingerprint density at radius 3 is 1.37 bits per heavy atom. The predicted molar refractivity (Wildman–Crippen MR) is 202 cm³/mol. The van der Waals surface area contributed by atoms with Gasteiger partial charge < -0.3 is 10.6 Å². The number of anilines is 3. The SMILES string of the molecule is O=C(CNc1cccc(C(=O)N(C(=O)c2cccc(NCC(=O)c3ccccc3)c2F)c2c(I)cc(C(F)(F)C(F)(F)C(F)(F)F)cc2C(F)(F)F)c1F)c1ccccc1. The van der Waals surface area contributed by atoms with Crippen LogP contribution in [0.1, 0.15) is 52.6 Å². The van der Waals surface area contributed by atoms with Gasteiger partial charge >= 0.3 is 24.2 Å². The van der Waals surface area contributed by atoms with Gasteiger partial charge in [-0.25, -0.2) is 13.7 Å². The van der Waals surface area contributed by atoms with Crippen LogP contribution in [0.4, 0.5) is 69.7 Å². The zero-order valence-corrected chi connectivity index (χ0v) is 32.0. The van der Waals surface area contributed by atoms with E-state index in [-0.39, 0.29) is 17.2 Å². The molecule has 7 nitrogen and oxygen atoms in total. The van der Waals surface area contributed by atoms with E-state index < -0.39 is 126 Å². The van der Waals surface area contributed by atoms with Crippen molar-refractivity contribution < 1.29 is 71.9 Å². The Balaban J connectivity index is 1.67. The normalized spacial score (nSPS) is 12.2. The number of ketones is 2. The van der Waals surface area contributed by atoms with Crippen molar-refractivity contribution >= 4 is 63.0 Å². The molecule has 0 aliphatic heterocycles. The molecule has 5 aromatic rings. The van der Waals surface area contributed by atoms with Crippen molar-refractivity contribution in [3.8, 4) is 0 Å². The second kappa shape index (κ2) is 17.3. The summed E-state index contributed by atoms with van der Waals surface area (Å²) in [5, 5.41) is 4.78. The largest absolute Gasteiger partial charge is 0.460 e. The van der Waals surface area contributed by atoms with E-state index in [0.29, 0.717) is 12.1 Å². The third kappa shape index (κ3) is 9.11. The van der Waals surface area contributed by atoms with Crippen molar-refractivity contribution in [3.63, 3.8) is 0 Å². The molecule has 0 aromatic heterocycles. The molecule has 0 saturated carbocycles. The van der Waals surface area contributed by atoms with Gasteiger partial charge in [0.05, 0.1) is 46.8 Å². The van der Waals surface area contributed by atoms with Gasteiger partial charge in [-0.1, -0.05) is 72.8 Å². The molecule has 60 heavy (non-hydrogen) atoms. The molecule has 0 saturated heterocycles. The number of carbonyl (C=O) groups excluding carboxylic acids is 4. The first-order valence-corrected chi connectivity index (χ1v) is 17.9. The number of hydrogen-bond donors (Lipinski definition) is 2. The van der Waals surface area contributed by atoms with Gasteiger partial charge in [-0.15, -0.1) is 0 Å². The zero-order valence-electron chi connectivity index (χ0n) is 29.8. The van der Waals surface area contributed by atoms with Gasteiger partial charge in [-0.2, -0.15) is 43.9 Å². The number of rotatable bonds is 13. The van der Waals surface area contributed by atoms with E-state index >= 15 is 8.78 Å². The molecule has 5 rings (SSSR count). The molecule has 0 aliphatic rings. The highest BCUT2D eigenvalue weighted by molar-refractivity contribution is 14.1. The van der Waals surface area contributed by atoms with Crippen LogP contribution in [0.15, 0.2) is 109 Å². The summed E-state index contributed by atoms with van der Waals surface area (Å²) in [5.74, 6) is -21.8. The molecule has 314 valence electrons. The Morgan fingerprint density at radius 1 is 0.567 bits per heavy atom. The molecule has 0 aliphatic carbocycles. The number of imide groups is 1. The topological polar surface area (TPSA) is 95.6 Å². The van der Waals surface area contributed by atoms with Crippen LogP contribution in [0.2, 0.25) is 0 Å². The van der Waals surface area contributed by atoms with E-state index in [0.717, 1.165) is 46.9 Å². The Hall–Kier alpha value is -5.93. The number of halogens is 13. The first-order chi connectivity index (χ1) is 28.0. The Labute approximate surface area is 344 Å². The second-order valence-corrected chi connectivity index (χ2v) is 13.7. The predicted octanol–water partition coefficient (Wildman–Crippen LogP) is 11.0. The number of alkyl halides is 10. The number of amides is 2. The number of Topliss-reactive ketones (excluding diaryl/α,β-unsaturated/α-hetero) is 2. The van der Waals surface area contributed by atoms with Crippen LogP contribution in [0.5, 0.6) is 0 Å². The molecule has 2 amide bonds. The van der Waals surface area contributed by atoms with Gasteiger partial charge in [0.1, 0.15) is 0 Å². The standard InChI is InChI=1S/C40H24F12IN3O4/c41-32-24(13-7-15-28(32)54-19-30(57)21-9-3-1-4-10-21)35(59)56(36(60)25-14-8-16-29(33(25)42)55-20-31(58)22-11-5-2-6-12-22)34-26(38(45,46)47)17-23(18-27(34)53)37(43,44)39(48,49)40(50,51)52/h1-18,54-55H,19-20H2. The summed E-state index contributed by atoms with van der Waals surface area (Å²) < 4.78 is 172. The Bertz CT molecular complexity index is 2330. The van der Waals surface area contributed by atoms with Crippen LogP contribution in [-0.2, 0) is 12.1 Å². The highest BCUT2D eigenvalue weighted by Gasteiger charge is 2.73. The highest BCUT2D eigenvalue weighted by Crippen LogP contribution is 2.54. The molecule has 20 heteroatoms. The van der Waals surface area contributed by atoms with E-state index in [4.69, 9.17) is 0 Å². The second-order valence-electron chi connectivity index (χ2n) is 12.6. The average Bonchev–Trinajstić information content (AvgIpc) is 3.19. The van der Waals surface area contributed by atoms with Crippen LogP contribution in [0.3, 0.4) is 0 Å². The molecule has 0 fully saturated rings. The quantitative estimate of drug-likeness (QED) is 0.0528. The minimum atomic E-state index is -6.98. The highest BCUT2D eigenvalue weighted by atomic mass is 127. The van der Waals surface area contributed by atoms with E-state index in [1.165, 1.54) is 48.5 Å². The molecular weight excluding hydrogens is 941 g/mol. The molecule has 0 unspecified atom stereocenters. The summed E-state index contributed by atoms with van der Waals surface area (Å²) in [5.41, 5.74) is -10.3.